The van der Waals surface area contributed by atoms with Crippen LogP contribution in [0.1, 0.15) is 35.7 Å². The molecule has 30 heavy (non-hydrogen) atoms. The summed E-state index contributed by atoms with van der Waals surface area (Å²) in [6, 6.07) is 5.26. The van der Waals surface area contributed by atoms with E-state index in [1.54, 1.807) is 0 Å². The van der Waals surface area contributed by atoms with E-state index in [4.69, 9.17) is 4.74 Å². The van der Waals surface area contributed by atoms with E-state index < -0.39 is 17.3 Å². The quantitative estimate of drug-likeness (QED) is 0.582. The second-order valence-corrected chi connectivity index (χ2v) is 7.67. The molecular weight excluding hydrogens is 395 g/mol. The number of carbonyl (C=O) groups excluding carboxylic acids is 1. The molecule has 3 aromatic rings. The van der Waals surface area contributed by atoms with Crippen molar-refractivity contribution < 1.29 is 22.7 Å². The van der Waals surface area contributed by atoms with Gasteiger partial charge in [-0.25, -0.2) is 18.2 Å². The highest BCUT2D eigenvalue weighted by molar-refractivity contribution is 6.10. The molecule has 0 bridgehead atoms. The van der Waals surface area contributed by atoms with Gasteiger partial charge in [-0.3, -0.25) is 4.79 Å². The monoisotopic (exact) mass is 417 g/mol. The number of pyridine rings is 1. The Hall–Kier alpha value is -2.87. The highest BCUT2D eigenvalue weighted by Crippen LogP contribution is 2.34. The minimum Gasteiger partial charge on any atom is -0.381 e. The van der Waals surface area contributed by atoms with E-state index in [1.165, 1.54) is 12.3 Å². The molecule has 5 nitrogen and oxygen atoms in total. The Bertz CT molecular complexity index is 1100. The molecular formula is C22H22F3N3O2. The lowest BCUT2D eigenvalue weighted by Crippen LogP contribution is -2.24. The Morgan fingerprint density at radius 1 is 1.27 bits per heavy atom. The van der Waals surface area contributed by atoms with Gasteiger partial charge >= 0.3 is 0 Å². The number of Topliss-reactive ketones (excluding diaryl/α,β-unsaturated/α-hetero) is 1. The Morgan fingerprint density at radius 2 is 2.00 bits per heavy atom. The number of halogens is 3. The second kappa shape index (κ2) is 7.75. The molecule has 1 aromatic carbocycles. The summed E-state index contributed by atoms with van der Waals surface area (Å²) in [5, 5.41) is 3.67. The van der Waals surface area contributed by atoms with Gasteiger partial charge in [0.05, 0.1) is 16.6 Å². The third kappa shape index (κ3) is 3.79. The van der Waals surface area contributed by atoms with E-state index in [0.717, 1.165) is 12.1 Å². The molecule has 4 rings (SSSR count). The third-order valence-corrected chi connectivity index (χ3v) is 5.47. The topological polar surface area (TPSA) is 56.2 Å². The number of rotatable bonds is 5. The Morgan fingerprint density at radius 3 is 2.70 bits per heavy atom. The molecule has 0 unspecified atom stereocenters. The van der Waals surface area contributed by atoms with Crippen molar-refractivity contribution >= 4 is 28.2 Å². The third-order valence-electron chi connectivity index (χ3n) is 5.47. The van der Waals surface area contributed by atoms with E-state index in [2.05, 4.69) is 10.3 Å². The Balaban J connectivity index is 1.71. The maximum atomic E-state index is 13.8. The predicted octanol–water partition coefficient (Wildman–Crippen LogP) is 5.18. The van der Waals surface area contributed by atoms with Gasteiger partial charge in [0.1, 0.15) is 11.6 Å². The summed E-state index contributed by atoms with van der Waals surface area (Å²) in [7, 11) is 1.83. The van der Waals surface area contributed by atoms with E-state index >= 15 is 0 Å². The fourth-order valence-corrected chi connectivity index (χ4v) is 3.85. The van der Waals surface area contributed by atoms with Crippen LogP contribution in [0.15, 0.2) is 36.7 Å². The normalized spacial score (nSPS) is 15.5. The van der Waals surface area contributed by atoms with Crippen LogP contribution in [0.5, 0.6) is 0 Å². The lowest BCUT2D eigenvalue weighted by atomic mass is 9.91. The smallest absolute Gasteiger partial charge is 0.273 e. The summed E-state index contributed by atoms with van der Waals surface area (Å²) in [6.07, 6.45) is 4.68. The number of ether oxygens (including phenoxy) is 1. The summed E-state index contributed by atoms with van der Waals surface area (Å²) in [5.74, 6) is -3.95. The van der Waals surface area contributed by atoms with Crippen LogP contribution in [0.4, 0.5) is 24.7 Å². The molecule has 1 N–H and O–H groups in total. The molecule has 1 fully saturated rings. The van der Waals surface area contributed by atoms with Crippen molar-refractivity contribution in [1.82, 2.24) is 9.55 Å². The first-order chi connectivity index (χ1) is 14.3. The van der Waals surface area contributed by atoms with Gasteiger partial charge in [-0.1, -0.05) is 0 Å². The van der Waals surface area contributed by atoms with Crippen molar-refractivity contribution in [3.8, 4) is 0 Å². The number of hydrogen-bond donors (Lipinski definition) is 1. The molecule has 0 amide bonds. The number of aromatic nitrogens is 2. The van der Waals surface area contributed by atoms with Crippen LogP contribution in [-0.2, 0) is 17.7 Å². The van der Waals surface area contributed by atoms with E-state index in [1.807, 2.05) is 23.9 Å². The molecule has 1 aliphatic heterocycles. The van der Waals surface area contributed by atoms with Gasteiger partial charge in [0, 0.05) is 56.6 Å². The van der Waals surface area contributed by atoms with Crippen LogP contribution in [-0.4, -0.2) is 28.5 Å². The highest BCUT2D eigenvalue weighted by atomic mass is 19.3. The number of fused-ring (bicyclic) bond motifs is 1. The van der Waals surface area contributed by atoms with Gasteiger partial charge in [0.15, 0.2) is 5.78 Å². The van der Waals surface area contributed by atoms with Gasteiger partial charge in [0.25, 0.3) is 5.92 Å². The van der Waals surface area contributed by atoms with Crippen molar-refractivity contribution in [3.05, 3.63) is 53.6 Å². The molecule has 1 aliphatic rings. The average molecular weight is 417 g/mol. The predicted molar refractivity (Wildman–Crippen MR) is 108 cm³/mol. The Labute approximate surface area is 171 Å². The standard InChI is InChI=1S/C22H22F3N3O2/c1-22(24,25)17-11-14(3-4-18(17)23)27-21-15-5-8-28(2)19(15)16(12-26-21)20(29)13-6-9-30-10-7-13/h3-5,8,11-13H,6-7,9-10H2,1-2H3,(H,26,27). The lowest BCUT2D eigenvalue weighted by Gasteiger charge is -2.21. The van der Waals surface area contributed by atoms with Crippen molar-refractivity contribution in [2.75, 3.05) is 18.5 Å². The summed E-state index contributed by atoms with van der Waals surface area (Å²) in [5.41, 5.74) is 0.833. The van der Waals surface area contributed by atoms with Crippen molar-refractivity contribution in [1.29, 1.82) is 0 Å². The maximum absolute atomic E-state index is 13.8. The first-order valence-corrected chi connectivity index (χ1v) is 9.76. The Kier molecular flexibility index (Phi) is 5.27. The van der Waals surface area contributed by atoms with Crippen LogP contribution in [0.3, 0.4) is 0 Å². The number of alkyl halides is 2. The number of nitrogens with one attached hydrogen (secondary N) is 1. The van der Waals surface area contributed by atoms with Crippen molar-refractivity contribution in [2.45, 2.75) is 25.7 Å². The SMILES string of the molecule is Cn1ccc2c(Nc3ccc(F)c(C(C)(F)F)c3)ncc(C(=O)C3CCOCC3)c21. The zero-order valence-corrected chi connectivity index (χ0v) is 16.7. The van der Waals surface area contributed by atoms with Crippen LogP contribution >= 0.6 is 0 Å². The fourth-order valence-electron chi connectivity index (χ4n) is 3.85. The van der Waals surface area contributed by atoms with E-state index in [9.17, 15) is 18.0 Å². The number of aryl methyl sites for hydroxylation is 1. The lowest BCUT2D eigenvalue weighted by molar-refractivity contribution is 0.0138. The number of benzene rings is 1. The van der Waals surface area contributed by atoms with Gasteiger partial charge in [-0.2, -0.15) is 0 Å². The van der Waals surface area contributed by atoms with E-state index in [-0.39, 0.29) is 17.4 Å². The fraction of sp³-hybridized carbons (Fsp3) is 0.364. The minimum absolute atomic E-state index is 0.0267. The van der Waals surface area contributed by atoms with Crippen molar-refractivity contribution in [2.24, 2.45) is 13.0 Å². The van der Waals surface area contributed by atoms with Crippen LogP contribution in [0.25, 0.3) is 10.9 Å². The molecule has 0 spiro atoms. The van der Waals surface area contributed by atoms with Gasteiger partial charge in [0.2, 0.25) is 0 Å². The molecule has 0 radical (unpaired) electrons. The van der Waals surface area contributed by atoms with Crippen LogP contribution < -0.4 is 5.32 Å². The van der Waals surface area contributed by atoms with Gasteiger partial charge in [-0.05, 0) is 37.1 Å². The minimum atomic E-state index is -3.31. The molecule has 2 aromatic heterocycles. The van der Waals surface area contributed by atoms with E-state index in [0.29, 0.717) is 55.3 Å². The summed E-state index contributed by atoms with van der Waals surface area (Å²) in [6.45, 7) is 1.78. The van der Waals surface area contributed by atoms with Gasteiger partial charge in [-0.15, -0.1) is 0 Å². The number of anilines is 2. The molecule has 3 heterocycles. The summed E-state index contributed by atoms with van der Waals surface area (Å²) >= 11 is 0. The summed E-state index contributed by atoms with van der Waals surface area (Å²) < 4.78 is 48.3. The molecule has 8 heteroatoms. The van der Waals surface area contributed by atoms with Crippen molar-refractivity contribution in [3.63, 3.8) is 0 Å². The average Bonchev–Trinajstić information content (AvgIpc) is 3.11. The zero-order chi connectivity index (χ0) is 21.5. The van der Waals surface area contributed by atoms with Gasteiger partial charge < -0.3 is 14.6 Å². The molecule has 0 saturated carbocycles. The second-order valence-electron chi connectivity index (χ2n) is 7.67. The highest BCUT2D eigenvalue weighted by Gasteiger charge is 2.29. The molecule has 158 valence electrons. The number of hydrogen-bond acceptors (Lipinski definition) is 4. The largest absolute Gasteiger partial charge is 0.381 e. The van der Waals surface area contributed by atoms with Crippen LogP contribution in [0.2, 0.25) is 0 Å². The van der Waals surface area contributed by atoms with Crippen LogP contribution in [0, 0.1) is 11.7 Å². The first kappa shape index (κ1) is 20.4. The summed E-state index contributed by atoms with van der Waals surface area (Å²) in [4.78, 5) is 17.5. The first-order valence-electron chi connectivity index (χ1n) is 9.76. The number of nitrogens with zero attached hydrogens (tertiary/aromatic N) is 2. The number of carbonyl (C=O) groups is 1. The molecule has 0 aliphatic carbocycles. The number of ketones is 1. The zero-order valence-electron chi connectivity index (χ0n) is 16.7. The maximum Gasteiger partial charge on any atom is 0.273 e. The molecule has 0 atom stereocenters. The molecule has 1 saturated heterocycles.